The molecule has 107 heavy (non-hydrogen) atoms. The van der Waals surface area contributed by atoms with Crippen LogP contribution in [-0.2, 0) is 29.1 Å². The number of rotatable bonds is 15. The second-order valence-corrected chi connectivity index (χ2v) is 33.1. The van der Waals surface area contributed by atoms with Crippen molar-refractivity contribution < 1.29 is 19.1 Å². The summed E-state index contributed by atoms with van der Waals surface area (Å²) in [5, 5.41) is 5.82. The fourth-order valence-corrected chi connectivity index (χ4v) is 17.3. The van der Waals surface area contributed by atoms with Crippen molar-refractivity contribution in [2.75, 3.05) is 39.3 Å². The lowest BCUT2D eigenvalue weighted by atomic mass is 9.76. The topological polar surface area (TPSA) is 163 Å². The van der Waals surface area contributed by atoms with Gasteiger partial charge in [-0.15, -0.1) is 0 Å². The Balaban J connectivity index is 0.000000143. The number of nitrogens with one attached hydrogen (secondary N) is 1. The highest BCUT2D eigenvalue weighted by molar-refractivity contribution is 6.31. The smallest absolute Gasteiger partial charge is 0.410 e. The number of carbonyl (C=O) groups is 2. The molecule has 0 spiro atoms. The van der Waals surface area contributed by atoms with E-state index in [0.717, 1.165) is 140 Å². The maximum atomic E-state index is 12.7. The third-order valence-corrected chi connectivity index (χ3v) is 22.3. The molecule has 19 heteroatoms. The lowest BCUT2D eigenvalue weighted by Crippen LogP contribution is -2.42. The Morgan fingerprint density at radius 3 is 1.04 bits per heavy atom. The van der Waals surface area contributed by atoms with Crippen molar-refractivity contribution in [1.29, 1.82) is 0 Å². The molecule has 560 valence electrons. The maximum Gasteiger partial charge on any atom is 0.410 e. The average Bonchev–Trinajstić information content (AvgIpc) is 1.69. The van der Waals surface area contributed by atoms with Crippen molar-refractivity contribution >= 4 is 81.9 Å². The Bertz CT molecular complexity index is 4480. The molecule has 0 bridgehead atoms. The minimum atomic E-state index is -0.491. The van der Waals surface area contributed by atoms with Gasteiger partial charge in [-0.3, -0.25) is 15.0 Å². The number of benzene rings is 3. The first-order valence-electron chi connectivity index (χ1n) is 38.5. The van der Waals surface area contributed by atoms with Crippen molar-refractivity contribution in [2.45, 2.75) is 188 Å². The zero-order valence-corrected chi connectivity index (χ0v) is 65.9. The molecule has 6 aromatic heterocycles. The van der Waals surface area contributed by atoms with E-state index in [9.17, 15) is 9.59 Å². The minimum absolute atomic E-state index is 0.143. The third kappa shape index (κ3) is 19.3. The summed E-state index contributed by atoms with van der Waals surface area (Å²) in [7, 11) is 0. The predicted molar refractivity (Wildman–Crippen MR) is 431 cm³/mol. The highest BCUT2D eigenvalue weighted by Crippen LogP contribution is 2.50. The summed E-state index contributed by atoms with van der Waals surface area (Å²) in [6.07, 6.45) is 36.2. The molecular formula is C88H103Cl3N12O4. The molecule has 3 aliphatic heterocycles. The fraction of sp³-hybridized carbons (Fsp3) is 0.432. The lowest BCUT2D eigenvalue weighted by molar-refractivity contribution is 0.0167. The molecular weight excluding hydrogens is 1400 g/mol. The molecule has 3 aromatic carbocycles. The number of carbonyl (C=O) groups excluding carboxylic acids is 2. The molecule has 3 atom stereocenters. The van der Waals surface area contributed by atoms with Gasteiger partial charge in [0.15, 0.2) is 0 Å². The van der Waals surface area contributed by atoms with Crippen LogP contribution in [0.5, 0.6) is 0 Å². The fourth-order valence-electron chi connectivity index (χ4n) is 16.8. The van der Waals surface area contributed by atoms with E-state index in [0.29, 0.717) is 49.9 Å². The van der Waals surface area contributed by atoms with Gasteiger partial charge < -0.3 is 38.3 Å². The molecule has 15 rings (SSSR count). The molecule has 0 radical (unpaired) electrons. The second kappa shape index (κ2) is 34.3. The van der Waals surface area contributed by atoms with Gasteiger partial charge in [-0.25, -0.2) is 24.5 Å². The Kier molecular flexibility index (Phi) is 24.5. The Morgan fingerprint density at radius 1 is 0.439 bits per heavy atom. The number of piperidine rings is 3. The van der Waals surface area contributed by atoms with Crippen LogP contribution >= 0.6 is 34.8 Å². The van der Waals surface area contributed by atoms with E-state index in [1.165, 1.54) is 85.3 Å². The van der Waals surface area contributed by atoms with Crippen molar-refractivity contribution in [1.82, 2.24) is 58.7 Å². The first-order valence-corrected chi connectivity index (χ1v) is 39.7. The molecule has 3 aliphatic carbocycles. The Morgan fingerprint density at radius 2 is 0.748 bits per heavy atom. The summed E-state index contributed by atoms with van der Waals surface area (Å²) >= 11 is 19.6. The summed E-state index contributed by atoms with van der Waals surface area (Å²) in [6, 6.07) is 31.8. The zero-order valence-electron chi connectivity index (χ0n) is 63.6. The number of pyridine rings is 3. The summed E-state index contributed by atoms with van der Waals surface area (Å²) in [5.74, 6) is 1.92. The molecule has 3 fully saturated rings. The zero-order chi connectivity index (χ0) is 74.9. The van der Waals surface area contributed by atoms with Crippen LogP contribution in [0.2, 0.25) is 15.1 Å². The van der Waals surface area contributed by atoms with Gasteiger partial charge in [0.2, 0.25) is 0 Å². The molecule has 1 N–H and O–H groups in total. The SMILES string of the molecule is Cc1cn(CCCC2=Cc3cccnc3C(C3CCN(C(=O)OC(C)(C)C)CC3)c3ccc(Cl)cc32)cn1.Cc1cn(CCCC2=Cc3cccnc3C(C3CCN(C(=O)OC(C)(C)C)CC3)c3ccc(Cl)cc32)cn1.Cc1cn(CCCC2=Cc3cccnc3C(C3CCNCC3)c3ccc(Cl)cc32)cn1. The lowest BCUT2D eigenvalue weighted by Gasteiger charge is -2.37. The van der Waals surface area contributed by atoms with Gasteiger partial charge in [-0.05, 0) is 310 Å². The first kappa shape index (κ1) is 76.5. The number of hydrogen-bond donors (Lipinski definition) is 1. The number of halogens is 3. The van der Waals surface area contributed by atoms with Crippen LogP contribution in [0, 0.1) is 38.5 Å². The summed E-state index contributed by atoms with van der Waals surface area (Å²) in [6.45, 7) is 25.2. The predicted octanol–water partition coefficient (Wildman–Crippen LogP) is 20.4. The van der Waals surface area contributed by atoms with Gasteiger partial charge in [-0.1, -0.05) is 71.2 Å². The number of imidazole rings is 3. The summed E-state index contributed by atoms with van der Waals surface area (Å²) < 4.78 is 17.8. The number of ether oxygens (including phenoxy) is 2. The van der Waals surface area contributed by atoms with E-state index in [1.54, 1.807) is 0 Å². The van der Waals surface area contributed by atoms with E-state index in [2.05, 4.69) is 131 Å². The average molecular weight is 1500 g/mol. The standard InChI is InChI=1S/2C31H37ClN4O2.C26H29ClN4/c2*1-21-19-35(20-34-21)14-6-8-23-17-24-7-5-13-33-29(24)28(26-10-9-25(32)18-27(23)26)22-11-15-36(16-12-22)30(37)38-31(2,3)4;1-18-16-31(17-30-18)13-3-5-20-14-21-4-2-10-29-26(21)25(19-8-11-28-12-9-19)23-7-6-22(27)15-24(20)23/h2*5,7,9-10,13,17-20,22,28H,6,8,11-12,14-16H2,1-4H3;2,4,6-7,10,14-17,19,25,28H,3,5,8-9,11-13H2,1H3. The molecule has 16 nitrogen and oxygen atoms in total. The van der Waals surface area contributed by atoms with E-state index >= 15 is 0 Å². The van der Waals surface area contributed by atoms with Gasteiger partial charge in [0, 0.05) is 116 Å². The molecule has 2 amide bonds. The largest absolute Gasteiger partial charge is 0.444 e. The van der Waals surface area contributed by atoms with Crippen LogP contribution in [0.3, 0.4) is 0 Å². The van der Waals surface area contributed by atoms with Crippen LogP contribution in [0.4, 0.5) is 9.59 Å². The number of hydrogen-bond acceptors (Lipinski definition) is 11. The minimum Gasteiger partial charge on any atom is -0.444 e. The quantitative estimate of drug-likeness (QED) is 0.104. The van der Waals surface area contributed by atoms with E-state index in [1.807, 2.05) is 140 Å². The van der Waals surface area contributed by atoms with Gasteiger partial charge in [0.25, 0.3) is 0 Å². The second-order valence-electron chi connectivity index (χ2n) is 31.8. The Labute approximate surface area is 647 Å². The summed E-state index contributed by atoms with van der Waals surface area (Å²) in [4.78, 5) is 56.9. The van der Waals surface area contributed by atoms with Gasteiger partial charge in [-0.2, -0.15) is 0 Å². The molecule has 6 aliphatic rings. The van der Waals surface area contributed by atoms with Crippen LogP contribution in [0.15, 0.2) is 147 Å². The van der Waals surface area contributed by atoms with Crippen LogP contribution in [0.25, 0.3) is 34.9 Å². The van der Waals surface area contributed by atoms with Crippen molar-refractivity contribution in [3.05, 3.63) is 246 Å². The Hall–Kier alpha value is -8.67. The molecule has 3 saturated heterocycles. The van der Waals surface area contributed by atoms with Crippen molar-refractivity contribution in [3.8, 4) is 0 Å². The first-order chi connectivity index (χ1) is 51.5. The number of allylic oxidation sites excluding steroid dienone is 3. The van der Waals surface area contributed by atoms with E-state index in [4.69, 9.17) is 59.2 Å². The van der Waals surface area contributed by atoms with Gasteiger partial charge >= 0.3 is 12.2 Å². The number of aromatic nitrogens is 9. The van der Waals surface area contributed by atoms with Crippen molar-refractivity contribution in [2.24, 2.45) is 17.8 Å². The maximum absolute atomic E-state index is 12.7. The van der Waals surface area contributed by atoms with Gasteiger partial charge in [0.1, 0.15) is 11.2 Å². The number of fused-ring (bicyclic) bond motifs is 6. The number of aryl methyl sites for hydroxylation is 6. The monoisotopic (exact) mass is 1500 g/mol. The molecule has 9 aromatic rings. The summed E-state index contributed by atoms with van der Waals surface area (Å²) in [5.41, 5.74) is 20.9. The van der Waals surface area contributed by atoms with Gasteiger partial charge in [0.05, 0.1) is 53.1 Å². The highest BCUT2D eigenvalue weighted by Gasteiger charge is 2.39. The van der Waals surface area contributed by atoms with Crippen LogP contribution in [-0.4, -0.2) is 116 Å². The molecule has 0 saturated carbocycles. The molecule has 9 heterocycles. The van der Waals surface area contributed by atoms with E-state index in [-0.39, 0.29) is 24.0 Å². The normalized spacial score (nSPS) is 18.1. The van der Waals surface area contributed by atoms with Crippen LogP contribution < -0.4 is 5.32 Å². The van der Waals surface area contributed by atoms with E-state index < -0.39 is 11.2 Å². The third-order valence-electron chi connectivity index (χ3n) is 21.6. The number of nitrogens with zero attached hydrogens (tertiary/aromatic N) is 11. The number of amides is 2. The molecule has 3 unspecified atom stereocenters. The highest BCUT2D eigenvalue weighted by atomic mass is 35.5. The van der Waals surface area contributed by atoms with Crippen LogP contribution in [0.1, 0.15) is 221 Å². The van der Waals surface area contributed by atoms with Crippen molar-refractivity contribution in [3.63, 3.8) is 0 Å². The number of likely N-dealkylation sites (tertiary alicyclic amines) is 2.